The number of benzene rings is 1. The van der Waals surface area contributed by atoms with Crippen LogP contribution in [0.25, 0.3) is 0 Å². The standard InChI is InChI=1S/C15H24N2O2S/c1-12(2)16-9-6-10-20(18,19)17-13(3)11-14-7-4-5-8-15(14)17/h4-5,7-8,12-13,16H,6,9-11H2,1-3H3. The van der Waals surface area contributed by atoms with Gasteiger partial charge in [0.05, 0.1) is 11.4 Å². The molecule has 0 bridgehead atoms. The van der Waals surface area contributed by atoms with Crippen molar-refractivity contribution in [3.05, 3.63) is 29.8 Å². The zero-order valence-corrected chi connectivity index (χ0v) is 13.3. The zero-order valence-electron chi connectivity index (χ0n) is 12.5. The summed E-state index contributed by atoms with van der Waals surface area (Å²) < 4.78 is 26.7. The van der Waals surface area contributed by atoms with E-state index < -0.39 is 10.0 Å². The molecule has 0 amide bonds. The van der Waals surface area contributed by atoms with E-state index in [1.165, 1.54) is 0 Å². The summed E-state index contributed by atoms with van der Waals surface area (Å²) in [5.74, 6) is 0.200. The van der Waals surface area contributed by atoms with Gasteiger partial charge >= 0.3 is 0 Å². The van der Waals surface area contributed by atoms with Crippen molar-refractivity contribution in [3.8, 4) is 0 Å². The molecule has 1 atom stereocenters. The molecule has 5 heteroatoms. The topological polar surface area (TPSA) is 49.4 Å². The molecule has 20 heavy (non-hydrogen) atoms. The van der Waals surface area contributed by atoms with Crippen molar-refractivity contribution in [3.63, 3.8) is 0 Å². The number of para-hydroxylation sites is 1. The Labute approximate surface area is 122 Å². The largest absolute Gasteiger partial charge is 0.314 e. The highest BCUT2D eigenvalue weighted by molar-refractivity contribution is 7.92. The Morgan fingerprint density at radius 2 is 2.05 bits per heavy atom. The molecule has 0 aliphatic carbocycles. The van der Waals surface area contributed by atoms with Crippen LogP contribution >= 0.6 is 0 Å². The van der Waals surface area contributed by atoms with Crippen LogP contribution in [0.3, 0.4) is 0 Å². The predicted octanol–water partition coefficient (Wildman–Crippen LogP) is 2.16. The number of nitrogens with zero attached hydrogens (tertiary/aromatic N) is 1. The molecule has 0 spiro atoms. The maximum absolute atomic E-state index is 12.5. The fourth-order valence-electron chi connectivity index (χ4n) is 2.70. The molecular formula is C15H24N2O2S. The minimum absolute atomic E-state index is 0.0236. The molecule has 0 saturated carbocycles. The van der Waals surface area contributed by atoms with Gasteiger partial charge in [-0.05, 0) is 37.9 Å². The second-order valence-electron chi connectivity index (χ2n) is 5.76. The molecule has 0 saturated heterocycles. The maximum atomic E-state index is 12.5. The highest BCUT2D eigenvalue weighted by Crippen LogP contribution is 2.34. The summed E-state index contributed by atoms with van der Waals surface area (Å²) in [5.41, 5.74) is 1.99. The Morgan fingerprint density at radius 3 is 2.75 bits per heavy atom. The lowest BCUT2D eigenvalue weighted by Gasteiger charge is -2.24. The average Bonchev–Trinajstić information content (AvgIpc) is 2.71. The Hall–Kier alpha value is -1.07. The molecule has 1 aliphatic rings. The minimum Gasteiger partial charge on any atom is -0.314 e. The van der Waals surface area contributed by atoms with Crippen LogP contribution in [0.4, 0.5) is 5.69 Å². The van der Waals surface area contributed by atoms with Crippen molar-refractivity contribution < 1.29 is 8.42 Å². The second-order valence-corrected chi connectivity index (χ2v) is 7.72. The molecule has 1 aromatic carbocycles. The summed E-state index contributed by atoms with van der Waals surface area (Å²) in [6, 6.07) is 8.21. The van der Waals surface area contributed by atoms with Crippen molar-refractivity contribution in [2.75, 3.05) is 16.6 Å². The molecule has 2 rings (SSSR count). The van der Waals surface area contributed by atoms with E-state index >= 15 is 0 Å². The van der Waals surface area contributed by atoms with Gasteiger partial charge in [-0.3, -0.25) is 4.31 Å². The highest BCUT2D eigenvalue weighted by Gasteiger charge is 2.34. The van der Waals surface area contributed by atoms with Crippen LogP contribution in [0.2, 0.25) is 0 Å². The lowest BCUT2D eigenvalue weighted by Crippen LogP contribution is -2.38. The van der Waals surface area contributed by atoms with Gasteiger partial charge < -0.3 is 5.32 Å². The molecule has 0 fully saturated rings. The summed E-state index contributed by atoms with van der Waals surface area (Å²) in [5, 5.41) is 3.26. The van der Waals surface area contributed by atoms with Gasteiger partial charge in [0.2, 0.25) is 10.0 Å². The number of sulfonamides is 1. The van der Waals surface area contributed by atoms with Crippen molar-refractivity contribution in [2.45, 2.75) is 45.7 Å². The zero-order chi connectivity index (χ0) is 14.8. The third-order valence-electron chi connectivity index (χ3n) is 3.58. The van der Waals surface area contributed by atoms with Crippen molar-refractivity contribution >= 4 is 15.7 Å². The average molecular weight is 296 g/mol. The molecule has 1 N–H and O–H groups in total. The number of anilines is 1. The Bertz CT molecular complexity index is 555. The first-order chi connectivity index (χ1) is 9.42. The summed E-state index contributed by atoms with van der Waals surface area (Å²) in [6.07, 6.45) is 1.45. The van der Waals surface area contributed by atoms with Gasteiger partial charge in [-0.2, -0.15) is 0 Å². The minimum atomic E-state index is -3.23. The van der Waals surface area contributed by atoms with Gasteiger partial charge in [0.25, 0.3) is 0 Å². The highest BCUT2D eigenvalue weighted by atomic mass is 32.2. The smallest absolute Gasteiger partial charge is 0.235 e. The molecule has 1 heterocycles. The van der Waals surface area contributed by atoms with E-state index in [2.05, 4.69) is 19.2 Å². The van der Waals surface area contributed by atoms with Gasteiger partial charge in [-0.15, -0.1) is 0 Å². The van der Waals surface area contributed by atoms with Gasteiger partial charge in [0.15, 0.2) is 0 Å². The Morgan fingerprint density at radius 1 is 1.35 bits per heavy atom. The van der Waals surface area contributed by atoms with E-state index in [0.717, 1.165) is 24.2 Å². The third kappa shape index (κ3) is 3.33. The van der Waals surface area contributed by atoms with Crippen LogP contribution < -0.4 is 9.62 Å². The quantitative estimate of drug-likeness (QED) is 0.818. The first-order valence-electron chi connectivity index (χ1n) is 7.25. The fourth-order valence-corrected chi connectivity index (χ4v) is 4.51. The molecule has 1 aliphatic heterocycles. The van der Waals surface area contributed by atoms with Crippen LogP contribution in [0.15, 0.2) is 24.3 Å². The second kappa shape index (κ2) is 6.14. The predicted molar refractivity (Wildman–Crippen MR) is 83.6 cm³/mol. The van der Waals surface area contributed by atoms with Gasteiger partial charge in [-0.25, -0.2) is 8.42 Å². The van der Waals surface area contributed by atoms with Gasteiger partial charge in [-0.1, -0.05) is 32.0 Å². The normalized spacial score (nSPS) is 18.6. The van der Waals surface area contributed by atoms with E-state index in [1.54, 1.807) is 4.31 Å². The summed E-state index contributed by atoms with van der Waals surface area (Å²) >= 11 is 0. The molecular weight excluding hydrogens is 272 g/mol. The van der Waals surface area contributed by atoms with Crippen LogP contribution in [0.5, 0.6) is 0 Å². The molecule has 1 unspecified atom stereocenters. The van der Waals surface area contributed by atoms with E-state index in [1.807, 2.05) is 31.2 Å². The summed E-state index contributed by atoms with van der Waals surface area (Å²) in [7, 11) is -3.23. The van der Waals surface area contributed by atoms with E-state index in [9.17, 15) is 8.42 Å². The SMILES string of the molecule is CC(C)NCCCS(=O)(=O)N1c2ccccc2CC1C. The number of nitrogens with one attached hydrogen (secondary N) is 1. The maximum Gasteiger partial charge on any atom is 0.235 e. The molecule has 4 nitrogen and oxygen atoms in total. The molecule has 1 aromatic rings. The third-order valence-corrected chi connectivity index (χ3v) is 5.54. The van der Waals surface area contributed by atoms with Gasteiger partial charge in [0, 0.05) is 12.1 Å². The van der Waals surface area contributed by atoms with Gasteiger partial charge in [0.1, 0.15) is 0 Å². The monoisotopic (exact) mass is 296 g/mol. The van der Waals surface area contributed by atoms with Crippen LogP contribution in [0.1, 0.15) is 32.8 Å². The Balaban J connectivity index is 2.06. The molecule has 112 valence electrons. The van der Waals surface area contributed by atoms with E-state index in [0.29, 0.717) is 12.5 Å². The fraction of sp³-hybridized carbons (Fsp3) is 0.600. The number of rotatable bonds is 6. The first-order valence-corrected chi connectivity index (χ1v) is 8.86. The lowest BCUT2D eigenvalue weighted by molar-refractivity contribution is 0.563. The lowest BCUT2D eigenvalue weighted by atomic mass is 10.1. The Kier molecular flexibility index (Phi) is 4.70. The van der Waals surface area contributed by atoms with Crippen LogP contribution in [-0.4, -0.2) is 32.8 Å². The van der Waals surface area contributed by atoms with Crippen molar-refractivity contribution in [1.82, 2.24) is 5.32 Å². The number of hydrogen-bond donors (Lipinski definition) is 1. The summed E-state index contributed by atoms with van der Waals surface area (Å²) in [4.78, 5) is 0. The van der Waals surface area contributed by atoms with E-state index in [-0.39, 0.29) is 11.8 Å². The summed E-state index contributed by atoms with van der Waals surface area (Å²) in [6.45, 7) is 6.84. The molecule has 0 aromatic heterocycles. The van der Waals surface area contributed by atoms with Crippen LogP contribution in [0, 0.1) is 0 Å². The molecule has 0 radical (unpaired) electrons. The van der Waals surface area contributed by atoms with Crippen molar-refractivity contribution in [1.29, 1.82) is 0 Å². The van der Waals surface area contributed by atoms with Crippen molar-refractivity contribution in [2.24, 2.45) is 0 Å². The van der Waals surface area contributed by atoms with E-state index in [4.69, 9.17) is 0 Å². The number of fused-ring (bicyclic) bond motifs is 1. The first kappa shape index (κ1) is 15.3. The van der Waals surface area contributed by atoms with Crippen LogP contribution in [-0.2, 0) is 16.4 Å². The number of hydrogen-bond acceptors (Lipinski definition) is 3.